The number of para-hydroxylation sites is 1. The third kappa shape index (κ3) is 5.14. The number of piperidine rings is 1. The number of hydrogen-bond acceptors (Lipinski definition) is 8. The molecule has 0 radical (unpaired) electrons. The Kier molecular flexibility index (Phi) is 7.18. The van der Waals surface area contributed by atoms with Crippen LogP contribution in [0, 0.1) is 5.92 Å². The van der Waals surface area contributed by atoms with Crippen LogP contribution in [0.3, 0.4) is 0 Å². The van der Waals surface area contributed by atoms with E-state index in [1.54, 1.807) is 41.6 Å². The van der Waals surface area contributed by atoms with Gasteiger partial charge in [0.25, 0.3) is 11.8 Å². The predicted molar refractivity (Wildman–Crippen MR) is 138 cm³/mol. The topological polar surface area (TPSA) is 128 Å². The van der Waals surface area contributed by atoms with Gasteiger partial charge in [0.1, 0.15) is 17.5 Å². The molecule has 2 aliphatic rings. The van der Waals surface area contributed by atoms with E-state index in [-0.39, 0.29) is 23.4 Å². The monoisotopic (exact) mass is 516 g/mol. The Hall–Kier alpha value is -4.51. The van der Waals surface area contributed by atoms with Crippen molar-refractivity contribution < 1.29 is 24.3 Å². The summed E-state index contributed by atoms with van der Waals surface area (Å²) >= 11 is 0. The minimum atomic E-state index is -0.667. The lowest BCUT2D eigenvalue weighted by Crippen LogP contribution is -2.42. The Balaban J connectivity index is 1.18. The number of carbonyl (C=O) groups excluding carboxylic acids is 3. The zero-order valence-electron chi connectivity index (χ0n) is 20.9. The van der Waals surface area contributed by atoms with Gasteiger partial charge in [-0.25, -0.2) is 25.1 Å². The molecule has 196 valence electrons. The highest BCUT2D eigenvalue weighted by atomic mass is 16.5. The van der Waals surface area contributed by atoms with Crippen LogP contribution in [0.25, 0.3) is 0 Å². The lowest BCUT2D eigenvalue weighted by Gasteiger charge is -2.34. The van der Waals surface area contributed by atoms with Crippen molar-refractivity contribution >= 4 is 29.5 Å². The van der Waals surface area contributed by atoms with Crippen LogP contribution in [0.5, 0.6) is 11.5 Å². The SMILES string of the molecule is CC1C(=O)N(c2ccc(Oc3ccccc3)cc2)C(=O)N1CC1CCN(c2ncc(C(=O)NO)cn2)CC1. The number of hydroxylamine groups is 1. The Bertz CT molecular complexity index is 1290. The molecule has 0 bridgehead atoms. The van der Waals surface area contributed by atoms with Crippen LogP contribution in [0.15, 0.2) is 67.0 Å². The molecule has 0 spiro atoms. The van der Waals surface area contributed by atoms with Crippen LogP contribution < -0.4 is 20.0 Å². The third-order valence-corrected chi connectivity index (χ3v) is 6.91. The molecule has 2 aliphatic heterocycles. The molecular formula is C27H28N6O5. The molecule has 2 saturated heterocycles. The molecule has 1 unspecified atom stereocenters. The number of aromatic nitrogens is 2. The number of benzene rings is 2. The highest BCUT2D eigenvalue weighted by Crippen LogP contribution is 2.30. The average molecular weight is 517 g/mol. The first-order valence-electron chi connectivity index (χ1n) is 12.4. The number of nitrogens with zero attached hydrogens (tertiary/aromatic N) is 5. The van der Waals surface area contributed by atoms with Gasteiger partial charge in [0.15, 0.2) is 0 Å². The second-order valence-corrected chi connectivity index (χ2v) is 9.34. The minimum Gasteiger partial charge on any atom is -0.457 e. The summed E-state index contributed by atoms with van der Waals surface area (Å²) in [6.45, 7) is 3.63. The number of anilines is 2. The number of hydrogen-bond donors (Lipinski definition) is 2. The number of amides is 4. The number of urea groups is 1. The Labute approximate surface area is 219 Å². The van der Waals surface area contributed by atoms with E-state index >= 15 is 0 Å². The number of nitrogens with one attached hydrogen (secondary N) is 1. The van der Waals surface area contributed by atoms with Crippen LogP contribution in [0.1, 0.15) is 30.1 Å². The molecule has 4 amide bonds. The van der Waals surface area contributed by atoms with Crippen molar-refractivity contribution in [2.24, 2.45) is 5.92 Å². The van der Waals surface area contributed by atoms with Gasteiger partial charge in [-0.2, -0.15) is 0 Å². The number of imide groups is 1. The molecule has 0 aliphatic carbocycles. The van der Waals surface area contributed by atoms with E-state index in [0.29, 0.717) is 42.8 Å². The van der Waals surface area contributed by atoms with Gasteiger partial charge in [-0.1, -0.05) is 18.2 Å². The predicted octanol–water partition coefficient (Wildman–Crippen LogP) is 3.46. The number of ether oxygens (including phenoxy) is 1. The van der Waals surface area contributed by atoms with E-state index in [1.807, 2.05) is 35.2 Å². The molecule has 11 heteroatoms. The van der Waals surface area contributed by atoms with E-state index in [2.05, 4.69) is 9.97 Å². The van der Waals surface area contributed by atoms with Gasteiger partial charge in [0, 0.05) is 32.0 Å². The standard InChI is InChI=1S/C27H28N6O5/c1-18-25(35)33(21-7-9-23(10-8-21)38-22-5-3-2-4-6-22)27(36)32(18)17-19-11-13-31(14-12-19)26-28-15-20(16-29-26)24(34)30-37/h2-10,15-16,18-19,37H,11-14,17H2,1H3,(H,30,34). The van der Waals surface area contributed by atoms with Crippen molar-refractivity contribution in [3.63, 3.8) is 0 Å². The van der Waals surface area contributed by atoms with E-state index in [9.17, 15) is 14.4 Å². The molecule has 38 heavy (non-hydrogen) atoms. The molecule has 2 fully saturated rings. The minimum absolute atomic E-state index is 0.167. The summed E-state index contributed by atoms with van der Waals surface area (Å²) in [6, 6.07) is 15.5. The first kappa shape index (κ1) is 25.2. The van der Waals surface area contributed by atoms with E-state index in [0.717, 1.165) is 12.8 Å². The molecule has 1 atom stereocenters. The third-order valence-electron chi connectivity index (χ3n) is 6.91. The summed E-state index contributed by atoms with van der Waals surface area (Å²) in [6.07, 6.45) is 4.34. The molecule has 5 rings (SSSR count). The first-order valence-corrected chi connectivity index (χ1v) is 12.4. The van der Waals surface area contributed by atoms with Crippen molar-refractivity contribution in [3.8, 4) is 11.5 Å². The van der Waals surface area contributed by atoms with Gasteiger partial charge in [-0.05, 0) is 62.1 Å². The van der Waals surface area contributed by atoms with Crippen molar-refractivity contribution in [2.75, 3.05) is 29.4 Å². The normalized spacial score (nSPS) is 18.2. The zero-order chi connectivity index (χ0) is 26.6. The average Bonchev–Trinajstić information content (AvgIpc) is 3.17. The van der Waals surface area contributed by atoms with Crippen LogP contribution >= 0.6 is 0 Å². The molecular weight excluding hydrogens is 488 g/mol. The maximum Gasteiger partial charge on any atom is 0.332 e. The van der Waals surface area contributed by atoms with Gasteiger partial charge in [0.2, 0.25) is 5.95 Å². The molecule has 2 N–H and O–H groups in total. The summed E-state index contributed by atoms with van der Waals surface area (Å²) in [7, 11) is 0. The van der Waals surface area contributed by atoms with Gasteiger partial charge >= 0.3 is 6.03 Å². The summed E-state index contributed by atoms with van der Waals surface area (Å²) < 4.78 is 5.82. The first-order chi connectivity index (χ1) is 18.4. The van der Waals surface area contributed by atoms with Crippen LogP contribution in [-0.2, 0) is 4.79 Å². The van der Waals surface area contributed by atoms with Crippen LogP contribution in [-0.4, -0.2) is 63.6 Å². The highest BCUT2D eigenvalue weighted by Gasteiger charge is 2.44. The molecule has 1 aromatic heterocycles. The largest absolute Gasteiger partial charge is 0.457 e. The van der Waals surface area contributed by atoms with Gasteiger partial charge in [0.05, 0.1) is 11.3 Å². The van der Waals surface area contributed by atoms with Gasteiger partial charge in [-0.15, -0.1) is 0 Å². The van der Waals surface area contributed by atoms with E-state index in [4.69, 9.17) is 9.94 Å². The van der Waals surface area contributed by atoms with Gasteiger partial charge < -0.3 is 14.5 Å². The summed E-state index contributed by atoms with van der Waals surface area (Å²) in [5, 5.41) is 8.73. The van der Waals surface area contributed by atoms with E-state index < -0.39 is 11.9 Å². The fourth-order valence-electron chi connectivity index (χ4n) is 4.73. The Morgan fingerprint density at radius 1 is 1.00 bits per heavy atom. The van der Waals surface area contributed by atoms with Crippen molar-refractivity contribution in [1.29, 1.82) is 0 Å². The Morgan fingerprint density at radius 2 is 1.63 bits per heavy atom. The lowest BCUT2D eigenvalue weighted by molar-refractivity contribution is -0.119. The fraction of sp³-hybridized carbons (Fsp3) is 0.296. The maximum atomic E-state index is 13.3. The van der Waals surface area contributed by atoms with Crippen molar-refractivity contribution in [3.05, 3.63) is 72.6 Å². The Morgan fingerprint density at radius 3 is 2.26 bits per heavy atom. The molecule has 3 heterocycles. The number of carbonyl (C=O) groups is 3. The second-order valence-electron chi connectivity index (χ2n) is 9.34. The second kappa shape index (κ2) is 10.9. The molecule has 0 saturated carbocycles. The lowest BCUT2D eigenvalue weighted by atomic mass is 9.96. The smallest absolute Gasteiger partial charge is 0.332 e. The summed E-state index contributed by atoms with van der Waals surface area (Å²) in [4.78, 5) is 51.2. The van der Waals surface area contributed by atoms with Crippen molar-refractivity contribution in [2.45, 2.75) is 25.8 Å². The molecule has 3 aromatic rings. The maximum absolute atomic E-state index is 13.3. The van der Waals surface area contributed by atoms with Gasteiger partial charge in [-0.3, -0.25) is 14.8 Å². The molecule has 11 nitrogen and oxygen atoms in total. The van der Waals surface area contributed by atoms with E-state index in [1.165, 1.54) is 17.3 Å². The summed E-state index contributed by atoms with van der Waals surface area (Å²) in [5.41, 5.74) is 2.24. The molecule has 2 aromatic carbocycles. The fourth-order valence-corrected chi connectivity index (χ4v) is 4.73. The number of rotatable bonds is 7. The summed E-state index contributed by atoms with van der Waals surface area (Å²) in [5.74, 6) is 1.14. The van der Waals surface area contributed by atoms with Crippen LogP contribution in [0.4, 0.5) is 16.4 Å². The van der Waals surface area contributed by atoms with Crippen LogP contribution in [0.2, 0.25) is 0 Å². The van der Waals surface area contributed by atoms with Crippen molar-refractivity contribution in [1.82, 2.24) is 20.3 Å². The quantitative estimate of drug-likeness (QED) is 0.278. The highest BCUT2D eigenvalue weighted by molar-refractivity contribution is 6.21. The zero-order valence-corrected chi connectivity index (χ0v) is 20.9.